The highest BCUT2D eigenvalue weighted by molar-refractivity contribution is 5.81. The first kappa shape index (κ1) is 44.9. The van der Waals surface area contributed by atoms with Gasteiger partial charge in [0.05, 0.1) is 6.61 Å². The van der Waals surface area contributed by atoms with Crippen molar-refractivity contribution in [1.29, 1.82) is 0 Å². The summed E-state index contributed by atoms with van der Waals surface area (Å²) < 4.78 is 5.66. The van der Waals surface area contributed by atoms with E-state index in [1.807, 2.05) is 6.08 Å². The normalized spacial score (nSPS) is 30.8. The molecule has 0 aromatic carbocycles. The predicted molar refractivity (Wildman–Crippen MR) is 230 cm³/mol. The molecule has 0 spiro atoms. The maximum absolute atomic E-state index is 12.4. The van der Waals surface area contributed by atoms with Gasteiger partial charge in [0.15, 0.2) is 0 Å². The summed E-state index contributed by atoms with van der Waals surface area (Å²) in [5, 5.41) is 0. The first-order chi connectivity index (χ1) is 25.8. The Balaban J connectivity index is 0.941. The lowest BCUT2D eigenvalue weighted by molar-refractivity contribution is -0.139. The summed E-state index contributed by atoms with van der Waals surface area (Å²) in [7, 11) is 0. The molecule has 0 aliphatic heterocycles. The second-order valence-electron chi connectivity index (χ2n) is 20.3. The second-order valence-corrected chi connectivity index (χ2v) is 20.3. The van der Waals surface area contributed by atoms with Gasteiger partial charge in [-0.3, -0.25) is 0 Å². The topological polar surface area (TPSA) is 26.3 Å². The molecular formula is C51H92O2. The molecule has 0 N–H and O–H groups in total. The van der Waals surface area contributed by atoms with Crippen molar-refractivity contribution in [3.05, 3.63) is 12.2 Å². The highest BCUT2D eigenvalue weighted by atomic mass is 16.5. The number of esters is 1. The van der Waals surface area contributed by atoms with Crippen molar-refractivity contribution in [1.82, 2.24) is 0 Å². The van der Waals surface area contributed by atoms with Crippen LogP contribution in [0, 0.1) is 52.3 Å². The molecule has 0 saturated heterocycles. The molecule has 0 radical (unpaired) electrons. The number of allylic oxidation sites excluding steroid dienone is 1. The molecule has 9 atom stereocenters. The van der Waals surface area contributed by atoms with E-state index < -0.39 is 0 Å². The lowest BCUT2D eigenvalue weighted by Crippen LogP contribution is -2.53. The Morgan fingerprint density at radius 1 is 0.623 bits per heavy atom. The largest absolute Gasteiger partial charge is 0.462 e. The summed E-state index contributed by atoms with van der Waals surface area (Å²) in [5.74, 6) is 6.11. The molecule has 4 aliphatic rings. The van der Waals surface area contributed by atoms with Crippen LogP contribution < -0.4 is 0 Å². The number of hydrogen-bond donors (Lipinski definition) is 0. The van der Waals surface area contributed by atoms with Gasteiger partial charge >= 0.3 is 5.97 Å². The molecule has 0 heterocycles. The van der Waals surface area contributed by atoms with E-state index in [-0.39, 0.29) is 5.97 Å². The van der Waals surface area contributed by atoms with Crippen LogP contribution in [0.5, 0.6) is 0 Å². The standard InChI is InChI=1S/C51H92O2/c1-6-7-8-9-10-11-12-13-14-15-16-17-18-19-20-21-22-23-24-25-26-33-49(52)53-41-42(2)30-29-31-43(3)46-36-37-47-45-35-34-44-32-27-28-39-50(44,4)48(45)38-40-51(46,47)5/h26,33,42-48H,6-25,27-32,34-41H2,1-5H3/t42?,43-,44?,45+,46-,47+,48+,50+,51-/m1/s1. The average molecular weight is 737 g/mol. The van der Waals surface area contributed by atoms with E-state index in [4.69, 9.17) is 4.74 Å². The Hall–Kier alpha value is -0.790. The lowest BCUT2D eigenvalue weighted by atomic mass is 9.44. The van der Waals surface area contributed by atoms with Gasteiger partial charge in [-0.1, -0.05) is 182 Å². The number of rotatable bonds is 28. The SMILES string of the molecule is CCCCCCCCCCCCCCCCCCCCCC=CC(=O)OCC(C)CCC[C@@H](C)[C@H]1CC[C@H]2[C@@H]3CCC4CCCC[C@]4(C)[C@H]3CC[C@]12C. The van der Waals surface area contributed by atoms with Gasteiger partial charge in [0.25, 0.3) is 0 Å². The molecular weight excluding hydrogens is 645 g/mol. The zero-order valence-corrected chi connectivity index (χ0v) is 36.6. The third kappa shape index (κ3) is 14.3. The van der Waals surface area contributed by atoms with Crippen LogP contribution in [-0.2, 0) is 9.53 Å². The van der Waals surface area contributed by atoms with Crippen molar-refractivity contribution >= 4 is 5.97 Å². The summed E-state index contributed by atoms with van der Waals surface area (Å²) in [6, 6.07) is 0. The Morgan fingerprint density at radius 3 is 1.83 bits per heavy atom. The number of carbonyl (C=O) groups is 1. The minimum Gasteiger partial charge on any atom is -0.462 e. The van der Waals surface area contributed by atoms with Gasteiger partial charge in [0, 0.05) is 6.08 Å². The van der Waals surface area contributed by atoms with Crippen LogP contribution in [0.1, 0.15) is 247 Å². The van der Waals surface area contributed by atoms with Crippen LogP contribution >= 0.6 is 0 Å². The summed E-state index contributed by atoms with van der Waals surface area (Å²) >= 11 is 0. The van der Waals surface area contributed by atoms with Gasteiger partial charge in [0.2, 0.25) is 0 Å². The Bertz CT molecular complexity index is 1000. The fourth-order valence-corrected chi connectivity index (χ4v) is 13.1. The zero-order chi connectivity index (χ0) is 37.8. The van der Waals surface area contributed by atoms with Gasteiger partial charge in [-0.25, -0.2) is 4.79 Å². The summed E-state index contributed by atoms with van der Waals surface area (Å²) in [6.45, 7) is 13.2. The number of carbonyl (C=O) groups excluding carboxylic acids is 1. The number of unbranched alkanes of at least 4 members (excludes halogenated alkanes) is 19. The second kappa shape index (κ2) is 24.8. The molecule has 2 nitrogen and oxygen atoms in total. The predicted octanol–water partition coefficient (Wildman–Crippen LogP) is 16.4. The molecule has 0 aromatic heterocycles. The zero-order valence-electron chi connectivity index (χ0n) is 36.6. The van der Waals surface area contributed by atoms with Crippen LogP contribution in [0.2, 0.25) is 0 Å². The third-order valence-electron chi connectivity index (χ3n) is 16.4. The van der Waals surface area contributed by atoms with Gasteiger partial charge in [-0.2, -0.15) is 0 Å². The molecule has 4 fully saturated rings. The Morgan fingerprint density at radius 2 is 1.21 bits per heavy atom. The van der Waals surface area contributed by atoms with Crippen molar-refractivity contribution in [2.45, 2.75) is 247 Å². The quantitative estimate of drug-likeness (QED) is 0.0454. The van der Waals surface area contributed by atoms with E-state index in [0.29, 0.717) is 23.4 Å². The Labute approximate surface area is 332 Å². The summed E-state index contributed by atoms with van der Waals surface area (Å²) in [5.41, 5.74) is 1.24. The van der Waals surface area contributed by atoms with Crippen LogP contribution in [0.15, 0.2) is 12.2 Å². The smallest absolute Gasteiger partial charge is 0.330 e. The van der Waals surface area contributed by atoms with Crippen molar-refractivity contribution in [3.63, 3.8) is 0 Å². The van der Waals surface area contributed by atoms with E-state index >= 15 is 0 Å². The molecule has 0 aromatic rings. The van der Waals surface area contributed by atoms with Gasteiger partial charge in [-0.15, -0.1) is 0 Å². The summed E-state index contributed by atoms with van der Waals surface area (Å²) in [4.78, 5) is 12.4. The van der Waals surface area contributed by atoms with Crippen LogP contribution in [0.25, 0.3) is 0 Å². The third-order valence-corrected chi connectivity index (χ3v) is 16.4. The summed E-state index contributed by atoms with van der Waals surface area (Å²) in [6.07, 6.45) is 50.4. The molecule has 4 rings (SSSR count). The van der Waals surface area contributed by atoms with Crippen molar-refractivity contribution in [2.24, 2.45) is 52.3 Å². The van der Waals surface area contributed by atoms with E-state index in [0.717, 1.165) is 41.9 Å². The molecule has 4 saturated carbocycles. The first-order valence-electron chi connectivity index (χ1n) is 24.6. The van der Waals surface area contributed by atoms with Crippen molar-refractivity contribution < 1.29 is 9.53 Å². The van der Waals surface area contributed by atoms with Crippen molar-refractivity contribution in [3.8, 4) is 0 Å². The van der Waals surface area contributed by atoms with Crippen molar-refractivity contribution in [2.75, 3.05) is 6.61 Å². The fourth-order valence-electron chi connectivity index (χ4n) is 13.1. The fraction of sp³-hybridized carbons (Fsp3) is 0.941. The lowest BCUT2D eigenvalue weighted by Gasteiger charge is -2.61. The molecule has 4 aliphatic carbocycles. The minimum atomic E-state index is -0.139. The number of fused-ring (bicyclic) bond motifs is 5. The molecule has 0 bridgehead atoms. The highest BCUT2D eigenvalue weighted by Crippen LogP contribution is 2.68. The Kier molecular flexibility index (Phi) is 21.0. The molecule has 2 unspecified atom stereocenters. The van der Waals surface area contributed by atoms with Gasteiger partial charge < -0.3 is 4.74 Å². The van der Waals surface area contributed by atoms with E-state index in [9.17, 15) is 4.79 Å². The van der Waals surface area contributed by atoms with E-state index in [1.165, 1.54) is 205 Å². The monoisotopic (exact) mass is 737 g/mol. The number of ether oxygens (including phenoxy) is 1. The highest BCUT2D eigenvalue weighted by Gasteiger charge is 2.60. The average Bonchev–Trinajstić information content (AvgIpc) is 3.51. The first-order valence-corrected chi connectivity index (χ1v) is 24.6. The van der Waals surface area contributed by atoms with E-state index in [1.54, 1.807) is 6.08 Å². The maximum atomic E-state index is 12.4. The van der Waals surface area contributed by atoms with Gasteiger partial charge in [-0.05, 0) is 123 Å². The molecule has 0 amide bonds. The van der Waals surface area contributed by atoms with E-state index in [2.05, 4.69) is 34.6 Å². The molecule has 53 heavy (non-hydrogen) atoms. The van der Waals surface area contributed by atoms with Crippen LogP contribution in [0.4, 0.5) is 0 Å². The minimum absolute atomic E-state index is 0.139. The van der Waals surface area contributed by atoms with Crippen LogP contribution in [0.3, 0.4) is 0 Å². The maximum Gasteiger partial charge on any atom is 0.330 e. The van der Waals surface area contributed by atoms with Gasteiger partial charge in [0.1, 0.15) is 0 Å². The van der Waals surface area contributed by atoms with Crippen LogP contribution in [-0.4, -0.2) is 12.6 Å². The molecule has 308 valence electrons. The number of hydrogen-bond acceptors (Lipinski definition) is 2. The molecule has 2 heteroatoms.